The molecule has 1 aliphatic rings. The highest BCUT2D eigenvalue weighted by atomic mass is 16.7. The molecule has 0 bridgehead atoms. The Hall–Kier alpha value is -2.37. The zero-order valence-corrected chi connectivity index (χ0v) is 54.2. The van der Waals surface area contributed by atoms with Crippen LogP contribution >= 0.6 is 0 Å². The number of carbonyl (C=O) groups excluding carboxylic acids is 1. The molecule has 0 aliphatic carbocycles. The van der Waals surface area contributed by atoms with Crippen molar-refractivity contribution in [3.8, 4) is 0 Å². The quantitative estimate of drug-likeness (QED) is 0.0261. The monoisotopic (exact) mass is 1170 g/mol. The molecule has 0 radical (unpaired) electrons. The highest BCUT2D eigenvalue weighted by molar-refractivity contribution is 5.76. The minimum absolute atomic E-state index is 0.186. The van der Waals surface area contributed by atoms with Crippen LogP contribution in [0.2, 0.25) is 0 Å². The third-order valence-electron chi connectivity index (χ3n) is 16.7. The van der Waals surface area contributed by atoms with Crippen LogP contribution in [-0.4, -0.2) is 87.5 Å². The fourth-order valence-corrected chi connectivity index (χ4v) is 11.1. The molecular weight excluding hydrogens is 1030 g/mol. The van der Waals surface area contributed by atoms with Gasteiger partial charge >= 0.3 is 0 Å². The van der Waals surface area contributed by atoms with E-state index in [1.807, 2.05) is 6.08 Å². The summed E-state index contributed by atoms with van der Waals surface area (Å²) in [6.45, 7) is 3.77. The smallest absolute Gasteiger partial charge is 0.220 e. The highest BCUT2D eigenvalue weighted by Gasteiger charge is 2.44. The lowest BCUT2D eigenvalue weighted by atomic mass is 9.99. The lowest BCUT2D eigenvalue weighted by molar-refractivity contribution is -0.302. The second kappa shape index (κ2) is 62.7. The summed E-state index contributed by atoms with van der Waals surface area (Å²) in [7, 11) is 0. The zero-order valence-electron chi connectivity index (χ0n) is 54.2. The standard InChI is InChI=1S/C74H135NO8/c1-3-5-7-9-11-13-15-17-19-21-23-24-25-26-27-28-29-30-31-32-33-34-35-36-37-38-39-40-41-42-43-44-46-48-50-52-54-56-58-60-62-64-70(78)75-67(66-82-74-73(81)72(80)71(79)69(65-76)83-74)68(77)63-61-59-57-55-53-51-49-47-45-22-20-18-16-14-12-10-8-6-4-2/h15,17,21,23,25-26,45,47,53,55,61,63,67-69,71-74,76-77,79-81H,3-14,16,18-20,22,24,27-44,46,48-52,54,56-60,62,64-66H2,1-2H3,(H,75,78)/b17-15-,23-21-,26-25-,47-45+,55-53+,63-61+. The van der Waals surface area contributed by atoms with Gasteiger partial charge in [0.05, 0.1) is 25.4 Å². The first-order valence-electron chi connectivity index (χ1n) is 35.7. The van der Waals surface area contributed by atoms with Gasteiger partial charge in [-0.15, -0.1) is 0 Å². The molecule has 484 valence electrons. The molecular formula is C74H135NO8. The number of aliphatic hydroxyl groups excluding tert-OH is 5. The third-order valence-corrected chi connectivity index (χ3v) is 16.7. The van der Waals surface area contributed by atoms with Crippen molar-refractivity contribution in [2.24, 2.45) is 0 Å². The van der Waals surface area contributed by atoms with E-state index in [1.54, 1.807) is 6.08 Å². The molecule has 6 N–H and O–H groups in total. The predicted molar refractivity (Wildman–Crippen MR) is 355 cm³/mol. The van der Waals surface area contributed by atoms with Gasteiger partial charge in [-0.2, -0.15) is 0 Å². The maximum absolute atomic E-state index is 13.1. The molecule has 7 unspecified atom stereocenters. The van der Waals surface area contributed by atoms with E-state index >= 15 is 0 Å². The molecule has 1 amide bonds. The van der Waals surface area contributed by atoms with Crippen LogP contribution < -0.4 is 5.32 Å². The van der Waals surface area contributed by atoms with Gasteiger partial charge in [0.15, 0.2) is 6.29 Å². The Balaban J connectivity index is 2.06. The van der Waals surface area contributed by atoms with Gasteiger partial charge in [-0.1, -0.05) is 318 Å². The summed E-state index contributed by atoms with van der Waals surface area (Å²) in [6.07, 6.45) is 81.7. The van der Waals surface area contributed by atoms with Gasteiger partial charge in [-0.3, -0.25) is 4.79 Å². The molecule has 9 heteroatoms. The van der Waals surface area contributed by atoms with Gasteiger partial charge in [-0.25, -0.2) is 0 Å². The summed E-state index contributed by atoms with van der Waals surface area (Å²) in [4.78, 5) is 13.1. The van der Waals surface area contributed by atoms with Gasteiger partial charge in [0, 0.05) is 6.42 Å². The number of ether oxygens (including phenoxy) is 2. The number of allylic oxidation sites excluding steroid dienone is 11. The maximum Gasteiger partial charge on any atom is 0.220 e. The number of unbranched alkanes of at least 4 members (excludes halogenated alkanes) is 42. The Labute approximate surface area is 512 Å². The molecule has 9 nitrogen and oxygen atoms in total. The van der Waals surface area contributed by atoms with E-state index in [2.05, 4.69) is 79.9 Å². The third kappa shape index (κ3) is 51.4. The van der Waals surface area contributed by atoms with E-state index in [0.717, 1.165) is 57.8 Å². The van der Waals surface area contributed by atoms with Crippen molar-refractivity contribution in [1.82, 2.24) is 5.32 Å². The Morgan fingerprint density at radius 1 is 0.410 bits per heavy atom. The van der Waals surface area contributed by atoms with Crippen molar-refractivity contribution < 1.29 is 39.8 Å². The molecule has 1 saturated heterocycles. The number of carbonyl (C=O) groups is 1. The Morgan fingerprint density at radius 2 is 0.723 bits per heavy atom. The van der Waals surface area contributed by atoms with Gasteiger partial charge < -0.3 is 40.3 Å². The number of hydrogen-bond acceptors (Lipinski definition) is 8. The summed E-state index contributed by atoms with van der Waals surface area (Å²) >= 11 is 0. The fraction of sp³-hybridized carbons (Fsp3) is 0.824. The Kier molecular flexibility index (Phi) is 59.4. The second-order valence-corrected chi connectivity index (χ2v) is 24.7. The molecule has 0 spiro atoms. The average Bonchev–Trinajstić information content (AvgIpc) is 3.61. The lowest BCUT2D eigenvalue weighted by Gasteiger charge is -2.40. The SMILES string of the molecule is CCCCCCC/C=C\C/C=C\C/C=C\CCCCCCCCCCCCCCCCCCCCCCCCCCCCC(=O)NC(COC1OC(CO)C(O)C(O)C1O)C(O)/C=C/CC/C=C/CC/C=C/CCCCCCCCCCC. The minimum atomic E-state index is -1.58. The first-order valence-corrected chi connectivity index (χ1v) is 35.7. The van der Waals surface area contributed by atoms with Crippen molar-refractivity contribution in [3.05, 3.63) is 72.9 Å². The number of hydrogen-bond donors (Lipinski definition) is 6. The van der Waals surface area contributed by atoms with Crippen LogP contribution in [0.5, 0.6) is 0 Å². The first-order chi connectivity index (χ1) is 40.8. The minimum Gasteiger partial charge on any atom is -0.394 e. The summed E-state index contributed by atoms with van der Waals surface area (Å²) in [5, 5.41) is 54.6. The van der Waals surface area contributed by atoms with Crippen molar-refractivity contribution in [2.45, 2.75) is 378 Å². The van der Waals surface area contributed by atoms with E-state index in [1.165, 1.54) is 257 Å². The molecule has 0 saturated carbocycles. The van der Waals surface area contributed by atoms with Crippen molar-refractivity contribution in [2.75, 3.05) is 13.2 Å². The molecule has 83 heavy (non-hydrogen) atoms. The summed E-state index contributed by atoms with van der Waals surface area (Å²) in [5.74, 6) is -0.186. The number of nitrogens with one attached hydrogen (secondary N) is 1. The number of rotatable bonds is 62. The van der Waals surface area contributed by atoms with Gasteiger partial charge in [0.2, 0.25) is 5.91 Å². The highest BCUT2D eigenvalue weighted by Crippen LogP contribution is 2.23. The zero-order chi connectivity index (χ0) is 60.0. The Bertz CT molecular complexity index is 1540. The van der Waals surface area contributed by atoms with E-state index < -0.39 is 49.5 Å². The summed E-state index contributed by atoms with van der Waals surface area (Å²) in [6, 6.07) is -0.830. The van der Waals surface area contributed by atoms with E-state index in [4.69, 9.17) is 9.47 Å². The average molecular weight is 1170 g/mol. The summed E-state index contributed by atoms with van der Waals surface area (Å²) < 4.78 is 11.3. The maximum atomic E-state index is 13.1. The van der Waals surface area contributed by atoms with Crippen LogP contribution in [0.3, 0.4) is 0 Å². The molecule has 1 fully saturated rings. The molecule has 0 aromatic rings. The predicted octanol–water partition coefficient (Wildman–Crippen LogP) is 19.5. The largest absolute Gasteiger partial charge is 0.394 e. The van der Waals surface area contributed by atoms with Crippen molar-refractivity contribution >= 4 is 5.91 Å². The molecule has 1 aliphatic heterocycles. The lowest BCUT2D eigenvalue weighted by Crippen LogP contribution is -2.60. The second-order valence-electron chi connectivity index (χ2n) is 24.7. The normalized spacial score (nSPS) is 18.7. The number of aliphatic hydroxyl groups is 5. The van der Waals surface area contributed by atoms with Crippen LogP contribution in [0, 0.1) is 0 Å². The van der Waals surface area contributed by atoms with Crippen LogP contribution in [0.4, 0.5) is 0 Å². The van der Waals surface area contributed by atoms with Crippen LogP contribution in [-0.2, 0) is 14.3 Å². The van der Waals surface area contributed by atoms with Gasteiger partial charge in [0.1, 0.15) is 24.4 Å². The van der Waals surface area contributed by atoms with Crippen LogP contribution in [0.15, 0.2) is 72.9 Å². The summed E-state index contributed by atoms with van der Waals surface area (Å²) in [5.41, 5.74) is 0. The van der Waals surface area contributed by atoms with Gasteiger partial charge in [-0.05, 0) is 83.5 Å². The molecule has 1 rings (SSSR count). The van der Waals surface area contributed by atoms with Crippen LogP contribution in [0.25, 0.3) is 0 Å². The molecule has 1 heterocycles. The van der Waals surface area contributed by atoms with E-state index in [-0.39, 0.29) is 12.5 Å². The van der Waals surface area contributed by atoms with E-state index in [9.17, 15) is 30.3 Å². The van der Waals surface area contributed by atoms with E-state index in [0.29, 0.717) is 6.42 Å². The Morgan fingerprint density at radius 3 is 1.10 bits per heavy atom. The van der Waals surface area contributed by atoms with Crippen molar-refractivity contribution in [1.29, 1.82) is 0 Å². The fourth-order valence-electron chi connectivity index (χ4n) is 11.1. The molecule has 7 atom stereocenters. The molecule has 0 aromatic heterocycles. The first kappa shape index (κ1) is 78.6. The molecule has 0 aromatic carbocycles. The topological polar surface area (TPSA) is 149 Å². The van der Waals surface area contributed by atoms with Crippen molar-refractivity contribution in [3.63, 3.8) is 0 Å². The van der Waals surface area contributed by atoms with Crippen LogP contribution in [0.1, 0.15) is 335 Å². The number of amides is 1. The van der Waals surface area contributed by atoms with Gasteiger partial charge in [0.25, 0.3) is 0 Å².